The van der Waals surface area contributed by atoms with E-state index < -0.39 is 0 Å². The predicted octanol–water partition coefficient (Wildman–Crippen LogP) is 3.02. The van der Waals surface area contributed by atoms with Crippen molar-refractivity contribution in [1.29, 1.82) is 0 Å². The normalized spacial score (nSPS) is 20.8. The van der Waals surface area contributed by atoms with Gasteiger partial charge < -0.3 is 0 Å². The summed E-state index contributed by atoms with van der Waals surface area (Å²) in [4.78, 5) is 20.6. The largest absolute Gasteiger partial charge is 0.294 e. The Morgan fingerprint density at radius 2 is 2.20 bits per heavy atom. The van der Waals surface area contributed by atoms with Gasteiger partial charge in [0.2, 0.25) is 0 Å². The SMILES string of the molecule is Cc1nn(-c2ccncn2)c2c1C(=O)CC(C)(C)C2Br. The number of nitrogens with zero attached hydrogens (tertiary/aromatic N) is 4. The van der Waals surface area contributed by atoms with E-state index in [1.807, 2.05) is 6.92 Å². The molecule has 2 heterocycles. The predicted molar refractivity (Wildman–Crippen MR) is 78.3 cm³/mol. The molecule has 2 aromatic heterocycles. The summed E-state index contributed by atoms with van der Waals surface area (Å²) in [6, 6.07) is 1.79. The van der Waals surface area contributed by atoms with E-state index in [0.717, 1.165) is 17.0 Å². The molecular formula is C14H15BrN4O. The van der Waals surface area contributed by atoms with Crippen LogP contribution < -0.4 is 0 Å². The lowest BCUT2D eigenvalue weighted by molar-refractivity contribution is 0.0909. The van der Waals surface area contributed by atoms with Crippen molar-refractivity contribution in [3.05, 3.63) is 35.5 Å². The number of carbonyl (C=O) groups is 1. The van der Waals surface area contributed by atoms with E-state index in [1.54, 1.807) is 16.9 Å². The number of rotatable bonds is 1. The van der Waals surface area contributed by atoms with Crippen LogP contribution in [0, 0.1) is 12.3 Å². The van der Waals surface area contributed by atoms with Crippen molar-refractivity contribution in [2.45, 2.75) is 32.0 Å². The third-order valence-corrected chi connectivity index (χ3v) is 5.37. The summed E-state index contributed by atoms with van der Waals surface area (Å²) in [5, 5.41) is 4.50. The van der Waals surface area contributed by atoms with Gasteiger partial charge in [0.1, 0.15) is 6.33 Å². The van der Waals surface area contributed by atoms with Crippen molar-refractivity contribution in [3.8, 4) is 5.82 Å². The minimum Gasteiger partial charge on any atom is -0.294 e. The molecule has 5 nitrogen and oxygen atoms in total. The molecule has 0 aliphatic heterocycles. The summed E-state index contributed by atoms with van der Waals surface area (Å²) in [5.74, 6) is 0.831. The van der Waals surface area contributed by atoms with Crippen molar-refractivity contribution in [2.75, 3.05) is 0 Å². The van der Waals surface area contributed by atoms with Crippen molar-refractivity contribution in [3.63, 3.8) is 0 Å². The summed E-state index contributed by atoms with van der Waals surface area (Å²) in [6.45, 7) is 6.03. The molecule has 0 amide bonds. The van der Waals surface area contributed by atoms with Crippen LogP contribution in [0.15, 0.2) is 18.6 Å². The topological polar surface area (TPSA) is 60.7 Å². The van der Waals surface area contributed by atoms with E-state index >= 15 is 0 Å². The first-order valence-electron chi connectivity index (χ1n) is 6.45. The Balaban J connectivity index is 2.26. The molecule has 3 rings (SSSR count). The molecule has 1 atom stereocenters. The van der Waals surface area contributed by atoms with E-state index in [2.05, 4.69) is 44.8 Å². The standard InChI is InChI=1S/C14H15BrN4O/c1-8-11-9(20)6-14(2,3)13(15)12(11)19(18-8)10-4-5-16-7-17-10/h4-5,7,13H,6H2,1-3H3. The minimum atomic E-state index is -0.151. The molecule has 0 saturated carbocycles. The number of Topliss-reactive ketones (excluding diaryl/α,β-unsaturated/α-hetero) is 1. The van der Waals surface area contributed by atoms with E-state index in [0.29, 0.717) is 12.2 Å². The lowest BCUT2D eigenvalue weighted by Gasteiger charge is -2.34. The Bertz CT molecular complexity index is 678. The van der Waals surface area contributed by atoms with Gasteiger partial charge in [-0.3, -0.25) is 4.79 Å². The smallest absolute Gasteiger partial charge is 0.167 e. The van der Waals surface area contributed by atoms with Crippen LogP contribution in [0.5, 0.6) is 0 Å². The van der Waals surface area contributed by atoms with E-state index in [9.17, 15) is 4.79 Å². The van der Waals surface area contributed by atoms with Crippen molar-refractivity contribution in [1.82, 2.24) is 19.7 Å². The quantitative estimate of drug-likeness (QED) is 0.752. The maximum Gasteiger partial charge on any atom is 0.167 e. The van der Waals surface area contributed by atoms with E-state index in [1.165, 1.54) is 6.33 Å². The second-order valence-corrected chi connectivity index (χ2v) is 6.69. The Morgan fingerprint density at radius 3 is 2.85 bits per heavy atom. The van der Waals surface area contributed by atoms with Gasteiger partial charge in [0, 0.05) is 18.7 Å². The molecule has 0 radical (unpaired) electrons. The van der Waals surface area contributed by atoms with Crippen molar-refractivity contribution < 1.29 is 4.79 Å². The fraction of sp³-hybridized carbons (Fsp3) is 0.429. The summed E-state index contributed by atoms with van der Waals surface area (Å²) in [6.07, 6.45) is 3.68. The van der Waals surface area contributed by atoms with Crippen LogP contribution in [0.2, 0.25) is 0 Å². The molecule has 0 spiro atoms. The molecule has 2 aromatic rings. The van der Waals surface area contributed by atoms with Crippen molar-refractivity contribution in [2.24, 2.45) is 5.41 Å². The molecule has 0 saturated heterocycles. The van der Waals surface area contributed by atoms with Gasteiger partial charge in [0.15, 0.2) is 11.6 Å². The lowest BCUT2D eigenvalue weighted by Crippen LogP contribution is -2.30. The van der Waals surface area contributed by atoms with Gasteiger partial charge in [-0.2, -0.15) is 5.10 Å². The number of hydrogen-bond donors (Lipinski definition) is 0. The fourth-order valence-corrected chi connectivity index (χ4v) is 3.25. The van der Waals surface area contributed by atoms with Crippen LogP contribution in [0.3, 0.4) is 0 Å². The molecular weight excluding hydrogens is 320 g/mol. The molecule has 0 fully saturated rings. The fourth-order valence-electron chi connectivity index (χ4n) is 2.67. The Morgan fingerprint density at radius 1 is 1.45 bits per heavy atom. The Labute approximate surface area is 125 Å². The maximum atomic E-state index is 12.4. The highest BCUT2D eigenvalue weighted by Gasteiger charge is 2.42. The summed E-state index contributed by atoms with van der Waals surface area (Å²) < 4.78 is 1.75. The molecule has 1 aliphatic carbocycles. The molecule has 104 valence electrons. The number of fused-ring (bicyclic) bond motifs is 1. The van der Waals surface area contributed by atoms with Crippen LogP contribution in [0.1, 0.15) is 46.8 Å². The minimum absolute atomic E-state index is 0.0545. The van der Waals surface area contributed by atoms with Crippen LogP contribution >= 0.6 is 15.9 Å². The molecule has 0 N–H and O–H groups in total. The monoisotopic (exact) mass is 334 g/mol. The zero-order valence-corrected chi connectivity index (χ0v) is 13.2. The Hall–Kier alpha value is -1.56. The van der Waals surface area contributed by atoms with Gasteiger partial charge in [-0.25, -0.2) is 14.6 Å². The van der Waals surface area contributed by atoms with Gasteiger partial charge in [0.25, 0.3) is 0 Å². The molecule has 6 heteroatoms. The first kappa shape index (κ1) is 13.4. The highest BCUT2D eigenvalue weighted by molar-refractivity contribution is 9.09. The number of carbonyl (C=O) groups excluding carboxylic acids is 1. The van der Waals surface area contributed by atoms with Crippen LogP contribution in [0.25, 0.3) is 5.82 Å². The van der Waals surface area contributed by atoms with Crippen LogP contribution in [-0.4, -0.2) is 25.5 Å². The third-order valence-electron chi connectivity index (χ3n) is 3.70. The second kappa shape index (κ2) is 4.48. The zero-order valence-electron chi connectivity index (χ0n) is 11.6. The summed E-state index contributed by atoms with van der Waals surface area (Å²) >= 11 is 3.74. The van der Waals surface area contributed by atoms with Gasteiger partial charge in [-0.1, -0.05) is 29.8 Å². The summed E-state index contributed by atoms with van der Waals surface area (Å²) in [7, 11) is 0. The number of ketones is 1. The highest BCUT2D eigenvalue weighted by atomic mass is 79.9. The van der Waals surface area contributed by atoms with Gasteiger partial charge >= 0.3 is 0 Å². The second-order valence-electron chi connectivity index (χ2n) is 5.78. The first-order valence-corrected chi connectivity index (χ1v) is 7.36. The molecule has 1 unspecified atom stereocenters. The van der Waals surface area contributed by atoms with Crippen molar-refractivity contribution >= 4 is 21.7 Å². The first-order chi connectivity index (χ1) is 9.42. The highest BCUT2D eigenvalue weighted by Crippen LogP contribution is 2.49. The number of aromatic nitrogens is 4. The average molecular weight is 335 g/mol. The van der Waals surface area contributed by atoms with Gasteiger partial charge in [0.05, 0.1) is 21.8 Å². The van der Waals surface area contributed by atoms with E-state index in [4.69, 9.17) is 0 Å². The number of alkyl halides is 1. The van der Waals surface area contributed by atoms with Crippen LogP contribution in [-0.2, 0) is 0 Å². The molecule has 1 aliphatic rings. The van der Waals surface area contributed by atoms with E-state index in [-0.39, 0.29) is 16.0 Å². The zero-order chi connectivity index (χ0) is 14.5. The third kappa shape index (κ3) is 1.90. The summed E-state index contributed by atoms with van der Waals surface area (Å²) in [5.41, 5.74) is 2.22. The Kier molecular flexibility index (Phi) is 3.01. The number of hydrogen-bond acceptors (Lipinski definition) is 4. The number of halogens is 1. The van der Waals surface area contributed by atoms with Crippen LogP contribution in [0.4, 0.5) is 0 Å². The van der Waals surface area contributed by atoms with Gasteiger partial charge in [-0.15, -0.1) is 0 Å². The molecule has 0 aromatic carbocycles. The molecule has 0 bridgehead atoms. The lowest BCUT2D eigenvalue weighted by atomic mass is 9.75. The number of aryl methyl sites for hydroxylation is 1. The maximum absolute atomic E-state index is 12.4. The average Bonchev–Trinajstić information content (AvgIpc) is 2.75. The van der Waals surface area contributed by atoms with Gasteiger partial charge in [-0.05, 0) is 12.3 Å². The molecule has 20 heavy (non-hydrogen) atoms.